The lowest BCUT2D eigenvalue weighted by atomic mass is 9.84. The zero-order chi connectivity index (χ0) is 37.9. The molecular weight excluding hydrogens is 681 g/mol. The van der Waals surface area contributed by atoms with Gasteiger partial charge in [-0.3, -0.25) is 24.4 Å². The Kier molecular flexibility index (Phi) is 10.0. The Morgan fingerprint density at radius 1 is 1.13 bits per heavy atom. The monoisotopic (exact) mass is 738 g/mol. The Balaban J connectivity index is 1.21. The van der Waals surface area contributed by atoms with Crippen LogP contribution in [0.2, 0.25) is 0 Å². The molecule has 4 fully saturated rings. The molecule has 54 heavy (non-hydrogen) atoms. The number of esters is 1. The molecule has 1 aromatic carbocycles. The fraction of sp³-hybridized carbons (Fsp3) is 0.628. The van der Waals surface area contributed by atoms with E-state index in [1.54, 1.807) is 12.1 Å². The quantitative estimate of drug-likeness (QED) is 0.294. The molecule has 11 nitrogen and oxygen atoms in total. The van der Waals surface area contributed by atoms with Crippen molar-refractivity contribution >= 4 is 34.4 Å². The maximum Gasteiger partial charge on any atom is 0.324 e. The van der Waals surface area contributed by atoms with Gasteiger partial charge in [-0.2, -0.15) is 0 Å². The van der Waals surface area contributed by atoms with Crippen molar-refractivity contribution in [2.45, 2.75) is 104 Å². The van der Waals surface area contributed by atoms with E-state index in [1.807, 2.05) is 19.2 Å². The summed E-state index contributed by atoms with van der Waals surface area (Å²) >= 11 is 0. The Morgan fingerprint density at radius 2 is 1.93 bits per heavy atom. The maximum atomic E-state index is 14.3. The number of ether oxygens (including phenoxy) is 2. The number of carbonyl (C=O) groups excluding carboxylic acids is 3. The summed E-state index contributed by atoms with van der Waals surface area (Å²) in [5.74, 6) is 1.11. The first kappa shape index (κ1) is 37.0. The summed E-state index contributed by atoms with van der Waals surface area (Å²) in [7, 11) is 1.72. The third-order valence-corrected chi connectivity index (χ3v) is 13.3. The van der Waals surface area contributed by atoms with Crippen molar-refractivity contribution < 1.29 is 23.9 Å². The van der Waals surface area contributed by atoms with E-state index in [0.29, 0.717) is 55.9 Å². The van der Waals surface area contributed by atoms with Gasteiger partial charge in [0.15, 0.2) is 0 Å². The molecule has 0 spiro atoms. The molecule has 2 aromatic heterocycles. The maximum absolute atomic E-state index is 14.3. The van der Waals surface area contributed by atoms with Crippen LogP contribution < -0.4 is 15.6 Å². The number of hydrogen-bond donors (Lipinski definition) is 2. The minimum Gasteiger partial charge on any atom is -0.464 e. The Labute approximate surface area is 319 Å². The van der Waals surface area contributed by atoms with Crippen molar-refractivity contribution in [2.24, 2.45) is 35.0 Å². The summed E-state index contributed by atoms with van der Waals surface area (Å²) in [6, 6.07) is 9.83. The van der Waals surface area contributed by atoms with Crippen LogP contribution in [-0.4, -0.2) is 77.8 Å². The van der Waals surface area contributed by atoms with Crippen molar-refractivity contribution in [3.05, 3.63) is 47.8 Å². The molecule has 2 aliphatic carbocycles. The van der Waals surface area contributed by atoms with Crippen LogP contribution in [-0.2, 0) is 36.8 Å². The predicted molar refractivity (Wildman–Crippen MR) is 208 cm³/mol. The van der Waals surface area contributed by atoms with E-state index in [-0.39, 0.29) is 36.4 Å². The summed E-state index contributed by atoms with van der Waals surface area (Å²) in [5.41, 5.74) is 9.53. The van der Waals surface area contributed by atoms with Gasteiger partial charge in [0.1, 0.15) is 12.1 Å². The van der Waals surface area contributed by atoms with Gasteiger partial charge in [-0.1, -0.05) is 20.8 Å². The lowest BCUT2D eigenvalue weighted by Crippen LogP contribution is -2.60. The summed E-state index contributed by atoms with van der Waals surface area (Å²) in [6.07, 6.45) is 7.24. The molecule has 0 radical (unpaired) electrons. The number of methoxy groups -OCH3 is 1. The van der Waals surface area contributed by atoms with Gasteiger partial charge < -0.3 is 24.3 Å². The van der Waals surface area contributed by atoms with Crippen LogP contribution in [0.25, 0.3) is 22.2 Å². The molecule has 6 bridgehead atoms. The number of aromatic nitrogens is 2. The largest absolute Gasteiger partial charge is 0.464 e. The van der Waals surface area contributed by atoms with Gasteiger partial charge in [-0.05, 0) is 118 Å². The third kappa shape index (κ3) is 6.91. The van der Waals surface area contributed by atoms with Crippen LogP contribution in [0, 0.1) is 35.0 Å². The van der Waals surface area contributed by atoms with Gasteiger partial charge in [0, 0.05) is 73.0 Å². The number of fused-ring (bicyclic) bond motifs is 5. The van der Waals surface area contributed by atoms with E-state index in [4.69, 9.17) is 14.5 Å². The molecule has 5 aliphatic rings. The molecule has 2 saturated heterocycles. The lowest BCUT2D eigenvalue weighted by Gasteiger charge is -2.36. The number of anilines is 1. The van der Waals surface area contributed by atoms with E-state index in [0.717, 1.165) is 55.8 Å². The topological polar surface area (TPSA) is 118 Å². The van der Waals surface area contributed by atoms with Crippen LogP contribution in [0.3, 0.4) is 0 Å². The van der Waals surface area contributed by atoms with Crippen LogP contribution in [0.15, 0.2) is 36.5 Å². The highest BCUT2D eigenvalue weighted by Gasteiger charge is 2.47. The average Bonchev–Trinajstić information content (AvgIpc) is 3.45. The molecule has 290 valence electrons. The molecule has 0 unspecified atom stereocenters. The highest BCUT2D eigenvalue weighted by molar-refractivity contribution is 5.95. The SMILES string of the molecule is CCn1c(-c2cccnc2[C@H](C)OC)c2c3cc(ccc31)N1C[C@H]3CC[C@H](C[C@H](NC(=O)[C@@H]4C[C@H]4C)C(=O)N4CCC[C@H](N4)C(=O)OCC(C)(C)C2)[C@H]3C1. The fourth-order valence-electron chi connectivity index (χ4n) is 10.0. The first-order valence-electron chi connectivity index (χ1n) is 20.4. The number of carbonyl (C=O) groups is 3. The van der Waals surface area contributed by atoms with E-state index < -0.39 is 17.5 Å². The van der Waals surface area contributed by atoms with Gasteiger partial charge in [0.2, 0.25) is 5.91 Å². The molecular formula is C43H58N6O5. The van der Waals surface area contributed by atoms with Crippen LogP contribution >= 0.6 is 0 Å². The van der Waals surface area contributed by atoms with Crippen molar-refractivity contribution in [3.8, 4) is 11.3 Å². The summed E-state index contributed by atoms with van der Waals surface area (Å²) in [5, 5.41) is 6.00. The van der Waals surface area contributed by atoms with Crippen molar-refractivity contribution in [2.75, 3.05) is 38.3 Å². The number of nitrogens with one attached hydrogen (secondary N) is 2. The number of pyridine rings is 1. The molecule has 2 saturated carbocycles. The molecule has 5 heterocycles. The number of amides is 2. The third-order valence-electron chi connectivity index (χ3n) is 13.3. The number of aryl methyl sites for hydroxylation is 1. The van der Waals surface area contributed by atoms with Crippen LogP contribution in [0.1, 0.15) is 90.5 Å². The number of nitrogens with zero attached hydrogens (tertiary/aromatic N) is 4. The van der Waals surface area contributed by atoms with E-state index in [9.17, 15) is 14.4 Å². The highest BCUT2D eigenvalue weighted by Crippen LogP contribution is 2.47. The molecule has 2 amide bonds. The zero-order valence-electron chi connectivity index (χ0n) is 32.9. The first-order chi connectivity index (χ1) is 26.0. The average molecular weight is 739 g/mol. The van der Waals surface area contributed by atoms with Crippen molar-refractivity contribution in [3.63, 3.8) is 0 Å². The lowest BCUT2D eigenvalue weighted by molar-refractivity contribution is -0.155. The van der Waals surface area contributed by atoms with Gasteiger partial charge in [-0.25, -0.2) is 5.43 Å². The summed E-state index contributed by atoms with van der Waals surface area (Å²) in [4.78, 5) is 48.7. The zero-order valence-corrected chi connectivity index (χ0v) is 32.9. The molecule has 3 aromatic rings. The second-order valence-corrected chi connectivity index (χ2v) is 17.6. The van der Waals surface area contributed by atoms with Crippen LogP contribution in [0.5, 0.6) is 0 Å². The number of hydrogen-bond acceptors (Lipinski definition) is 8. The predicted octanol–water partition coefficient (Wildman–Crippen LogP) is 6.05. The second-order valence-electron chi connectivity index (χ2n) is 17.6. The molecule has 3 aliphatic heterocycles. The van der Waals surface area contributed by atoms with Gasteiger partial charge in [0.25, 0.3) is 5.91 Å². The van der Waals surface area contributed by atoms with E-state index in [2.05, 4.69) is 72.2 Å². The van der Waals surface area contributed by atoms with E-state index in [1.165, 1.54) is 22.2 Å². The van der Waals surface area contributed by atoms with Crippen molar-refractivity contribution in [1.29, 1.82) is 0 Å². The number of rotatable bonds is 6. The van der Waals surface area contributed by atoms with Gasteiger partial charge >= 0.3 is 5.97 Å². The van der Waals surface area contributed by atoms with Gasteiger partial charge in [0.05, 0.1) is 24.1 Å². The number of benzene rings is 1. The Hall–Kier alpha value is -3.96. The normalized spacial score (nSPS) is 30.1. The molecule has 2 N–H and O–H groups in total. The fourth-order valence-corrected chi connectivity index (χ4v) is 10.0. The van der Waals surface area contributed by atoms with Crippen molar-refractivity contribution in [1.82, 2.24) is 25.3 Å². The first-order valence-corrected chi connectivity index (χ1v) is 20.4. The minimum atomic E-state index is -0.631. The summed E-state index contributed by atoms with van der Waals surface area (Å²) < 4.78 is 14.4. The molecule has 8 rings (SSSR count). The summed E-state index contributed by atoms with van der Waals surface area (Å²) in [6.45, 7) is 14.1. The number of hydrazine groups is 1. The Morgan fingerprint density at radius 3 is 2.69 bits per heavy atom. The molecule has 11 heteroatoms. The minimum absolute atomic E-state index is 0.0189. The van der Waals surface area contributed by atoms with Gasteiger partial charge in [-0.15, -0.1) is 0 Å². The standard InChI is InChI=1S/C43H58N6O5/c1-7-48-37-15-14-29-20-32(37)33(39(48)30-10-8-16-44-38(30)26(3)53-6)21-43(4,5)24-54-42(52)35-11-9-17-49(46-35)41(51)36(45-40(50)31-18-25(31)2)19-27-12-13-28-22-47(29)23-34(27)28/h8,10,14-16,20,25-28,31,34-36,46H,7,9,11-13,17-19,21-24H2,1-6H3,(H,45,50)/t25-,26+,27-,28-,31-,34-,35+,36+/m1/s1. The highest BCUT2D eigenvalue weighted by atomic mass is 16.5. The number of cyclic esters (lactones) is 1. The smallest absolute Gasteiger partial charge is 0.324 e. The Bertz CT molecular complexity index is 1920. The van der Waals surface area contributed by atoms with E-state index >= 15 is 0 Å². The molecule has 8 atom stereocenters. The van der Waals surface area contributed by atoms with Crippen LogP contribution in [0.4, 0.5) is 5.69 Å². The second kappa shape index (κ2) is 14.6.